The van der Waals surface area contributed by atoms with E-state index in [1.54, 1.807) is 36.4 Å². The lowest BCUT2D eigenvalue weighted by Crippen LogP contribution is -2.21. The van der Waals surface area contributed by atoms with E-state index in [2.05, 4.69) is 5.32 Å². The van der Waals surface area contributed by atoms with Gasteiger partial charge in [0.1, 0.15) is 5.75 Å². The Labute approximate surface area is 162 Å². The van der Waals surface area contributed by atoms with Gasteiger partial charge in [0.2, 0.25) is 0 Å². The van der Waals surface area contributed by atoms with Crippen molar-refractivity contribution in [1.29, 1.82) is 0 Å². The standard InChI is InChI=1S/C19H19Cl2NO4/c1-12(2)10-25-15-6-3-13(4-7-15)19(24)26-11-18(23)22-17-9-14(20)5-8-16(17)21/h3-9,12H,10-11H2,1-2H3,(H,22,23). The molecule has 2 aromatic carbocycles. The van der Waals surface area contributed by atoms with Crippen LogP contribution in [0.1, 0.15) is 24.2 Å². The molecule has 0 aliphatic heterocycles. The molecule has 1 N–H and O–H groups in total. The smallest absolute Gasteiger partial charge is 0.338 e. The molecule has 2 aromatic rings. The monoisotopic (exact) mass is 395 g/mol. The maximum atomic E-state index is 12.0. The summed E-state index contributed by atoms with van der Waals surface area (Å²) < 4.78 is 10.6. The molecule has 0 atom stereocenters. The van der Waals surface area contributed by atoms with Crippen LogP contribution >= 0.6 is 23.2 Å². The van der Waals surface area contributed by atoms with Crippen LogP contribution < -0.4 is 10.1 Å². The molecule has 0 aliphatic rings. The number of anilines is 1. The molecule has 0 heterocycles. The second-order valence-electron chi connectivity index (χ2n) is 5.98. The third kappa shape index (κ3) is 6.24. The molecule has 2 rings (SSSR count). The van der Waals surface area contributed by atoms with Crippen molar-refractivity contribution in [2.45, 2.75) is 13.8 Å². The summed E-state index contributed by atoms with van der Waals surface area (Å²) in [5.41, 5.74) is 0.683. The van der Waals surface area contributed by atoms with Crippen LogP contribution in [-0.4, -0.2) is 25.1 Å². The fourth-order valence-electron chi connectivity index (χ4n) is 1.94. The van der Waals surface area contributed by atoms with Crippen LogP contribution in [0.4, 0.5) is 5.69 Å². The summed E-state index contributed by atoms with van der Waals surface area (Å²) in [6.45, 7) is 4.25. The summed E-state index contributed by atoms with van der Waals surface area (Å²) in [6, 6.07) is 11.2. The van der Waals surface area contributed by atoms with Crippen molar-refractivity contribution in [3.05, 3.63) is 58.1 Å². The molecule has 138 valence electrons. The Bertz CT molecular complexity index is 776. The van der Waals surface area contributed by atoms with Crippen LogP contribution in [0.2, 0.25) is 10.0 Å². The van der Waals surface area contributed by atoms with Crippen LogP contribution in [0.5, 0.6) is 5.75 Å². The minimum absolute atomic E-state index is 0.329. The van der Waals surface area contributed by atoms with E-state index in [1.807, 2.05) is 13.8 Å². The second-order valence-corrected chi connectivity index (χ2v) is 6.82. The van der Waals surface area contributed by atoms with E-state index < -0.39 is 18.5 Å². The summed E-state index contributed by atoms with van der Waals surface area (Å²) in [4.78, 5) is 23.9. The Balaban J connectivity index is 1.85. The number of hydrogen-bond donors (Lipinski definition) is 1. The molecular formula is C19H19Cl2NO4. The third-order valence-corrected chi connectivity index (χ3v) is 3.77. The summed E-state index contributed by atoms with van der Waals surface area (Å²) in [6.07, 6.45) is 0. The molecule has 0 spiro atoms. The molecule has 0 aromatic heterocycles. The number of nitrogens with one attached hydrogen (secondary N) is 1. The number of esters is 1. The number of amides is 1. The first-order chi connectivity index (χ1) is 12.3. The van der Waals surface area contributed by atoms with Gasteiger partial charge in [0.15, 0.2) is 6.61 Å². The number of ether oxygens (including phenoxy) is 2. The Kier molecular flexibility index (Phi) is 7.30. The molecule has 1 amide bonds. The third-order valence-electron chi connectivity index (χ3n) is 3.21. The van der Waals surface area contributed by atoms with Crippen molar-refractivity contribution < 1.29 is 19.1 Å². The highest BCUT2D eigenvalue weighted by Crippen LogP contribution is 2.25. The van der Waals surface area contributed by atoms with Crippen molar-refractivity contribution >= 4 is 40.8 Å². The van der Waals surface area contributed by atoms with Crippen molar-refractivity contribution in [3.8, 4) is 5.75 Å². The summed E-state index contributed by atoms with van der Waals surface area (Å²) in [5.74, 6) is -0.0399. The number of halogens is 2. The van der Waals surface area contributed by atoms with Crippen LogP contribution in [-0.2, 0) is 9.53 Å². The SMILES string of the molecule is CC(C)COc1ccc(C(=O)OCC(=O)Nc2cc(Cl)ccc2Cl)cc1. The molecular weight excluding hydrogens is 377 g/mol. The Hall–Kier alpha value is -2.24. The van der Waals surface area contributed by atoms with Gasteiger partial charge in [-0.05, 0) is 48.4 Å². The normalized spacial score (nSPS) is 10.5. The molecule has 0 bridgehead atoms. The molecule has 0 unspecified atom stereocenters. The maximum Gasteiger partial charge on any atom is 0.338 e. The van der Waals surface area contributed by atoms with Crippen LogP contribution in [0, 0.1) is 5.92 Å². The van der Waals surface area contributed by atoms with Gasteiger partial charge >= 0.3 is 5.97 Å². The van der Waals surface area contributed by atoms with Crippen LogP contribution in [0.3, 0.4) is 0 Å². The number of carbonyl (C=O) groups is 2. The minimum atomic E-state index is -0.604. The van der Waals surface area contributed by atoms with Gasteiger partial charge in [-0.25, -0.2) is 4.79 Å². The van der Waals surface area contributed by atoms with Crippen molar-refractivity contribution in [1.82, 2.24) is 0 Å². The van der Waals surface area contributed by atoms with Gasteiger partial charge < -0.3 is 14.8 Å². The van der Waals surface area contributed by atoms with E-state index in [9.17, 15) is 9.59 Å². The first-order valence-electron chi connectivity index (χ1n) is 8.00. The molecule has 26 heavy (non-hydrogen) atoms. The Morgan fingerprint density at radius 1 is 1.08 bits per heavy atom. The zero-order chi connectivity index (χ0) is 19.1. The minimum Gasteiger partial charge on any atom is -0.493 e. The average molecular weight is 396 g/mol. The fourth-order valence-corrected chi connectivity index (χ4v) is 2.28. The highest BCUT2D eigenvalue weighted by atomic mass is 35.5. The number of carbonyl (C=O) groups excluding carboxylic acids is 2. The largest absolute Gasteiger partial charge is 0.493 e. The highest BCUT2D eigenvalue weighted by Gasteiger charge is 2.12. The Morgan fingerprint density at radius 2 is 1.77 bits per heavy atom. The van der Waals surface area contributed by atoms with Crippen molar-refractivity contribution in [2.75, 3.05) is 18.5 Å². The van der Waals surface area contributed by atoms with E-state index in [-0.39, 0.29) is 0 Å². The molecule has 7 heteroatoms. The summed E-state index contributed by atoms with van der Waals surface area (Å²) >= 11 is 11.8. The lowest BCUT2D eigenvalue weighted by molar-refractivity contribution is -0.119. The molecule has 0 radical (unpaired) electrons. The van der Waals surface area contributed by atoms with Gasteiger partial charge in [-0.15, -0.1) is 0 Å². The van der Waals surface area contributed by atoms with E-state index in [4.69, 9.17) is 32.7 Å². The quantitative estimate of drug-likeness (QED) is 0.682. The predicted molar refractivity (Wildman–Crippen MR) is 102 cm³/mol. The van der Waals surface area contributed by atoms with Gasteiger partial charge in [0.25, 0.3) is 5.91 Å². The molecule has 0 saturated carbocycles. The number of rotatable bonds is 7. The van der Waals surface area contributed by atoms with Crippen LogP contribution in [0.25, 0.3) is 0 Å². The zero-order valence-electron chi connectivity index (χ0n) is 14.4. The number of benzene rings is 2. The van der Waals surface area contributed by atoms with Crippen molar-refractivity contribution in [3.63, 3.8) is 0 Å². The van der Waals surface area contributed by atoms with Crippen LogP contribution in [0.15, 0.2) is 42.5 Å². The maximum absolute atomic E-state index is 12.0. The molecule has 5 nitrogen and oxygen atoms in total. The Morgan fingerprint density at radius 3 is 2.42 bits per heavy atom. The number of hydrogen-bond acceptors (Lipinski definition) is 4. The van der Waals surface area contributed by atoms with E-state index in [1.165, 1.54) is 6.07 Å². The molecule has 0 aliphatic carbocycles. The van der Waals surface area contributed by atoms with Gasteiger partial charge in [-0.3, -0.25) is 4.79 Å². The second kappa shape index (κ2) is 9.46. The summed E-state index contributed by atoms with van der Waals surface area (Å²) in [5, 5.41) is 3.31. The molecule has 0 fully saturated rings. The summed E-state index contributed by atoms with van der Waals surface area (Å²) in [7, 11) is 0. The van der Waals surface area contributed by atoms with E-state index >= 15 is 0 Å². The predicted octanol–water partition coefficient (Wildman–Crippen LogP) is 4.82. The molecule has 0 saturated heterocycles. The zero-order valence-corrected chi connectivity index (χ0v) is 15.9. The lowest BCUT2D eigenvalue weighted by Gasteiger charge is -2.10. The van der Waals surface area contributed by atoms with Gasteiger partial charge in [-0.2, -0.15) is 0 Å². The topological polar surface area (TPSA) is 64.6 Å². The van der Waals surface area contributed by atoms with Gasteiger partial charge in [0.05, 0.1) is 22.9 Å². The van der Waals surface area contributed by atoms with Gasteiger partial charge in [-0.1, -0.05) is 37.0 Å². The lowest BCUT2D eigenvalue weighted by atomic mass is 10.2. The van der Waals surface area contributed by atoms with E-state index in [0.717, 1.165) is 0 Å². The first kappa shape index (κ1) is 20.1. The van der Waals surface area contributed by atoms with Crippen molar-refractivity contribution in [2.24, 2.45) is 5.92 Å². The highest BCUT2D eigenvalue weighted by molar-refractivity contribution is 6.35. The van der Waals surface area contributed by atoms with E-state index in [0.29, 0.717) is 39.6 Å². The average Bonchev–Trinajstić information content (AvgIpc) is 2.61. The fraction of sp³-hybridized carbons (Fsp3) is 0.263. The van der Waals surface area contributed by atoms with Gasteiger partial charge in [0, 0.05) is 5.02 Å². The first-order valence-corrected chi connectivity index (χ1v) is 8.75.